The molecule has 0 saturated heterocycles. The zero-order valence-corrected chi connectivity index (χ0v) is 20.5. The van der Waals surface area contributed by atoms with Crippen molar-refractivity contribution in [2.24, 2.45) is 0 Å². The van der Waals surface area contributed by atoms with Crippen molar-refractivity contribution in [2.75, 3.05) is 6.61 Å². The number of amides is 1. The smallest absolute Gasteiger partial charge is 0.407 e. The van der Waals surface area contributed by atoms with Gasteiger partial charge in [-0.1, -0.05) is 30.3 Å². The first-order chi connectivity index (χ1) is 16.6. The van der Waals surface area contributed by atoms with Crippen molar-refractivity contribution in [3.05, 3.63) is 59.7 Å². The number of carbonyl (C=O) groups excluding carboxylic acids is 1. The fourth-order valence-electron chi connectivity index (χ4n) is 3.58. The Morgan fingerprint density at radius 2 is 1.94 bits per heavy atom. The minimum absolute atomic E-state index is 0.102. The molecule has 35 heavy (non-hydrogen) atoms. The largest absolute Gasteiger partial charge is 0.508 e. The summed E-state index contributed by atoms with van der Waals surface area (Å²) in [6, 6.07) is 14.4. The molecule has 0 aliphatic rings. The van der Waals surface area contributed by atoms with E-state index in [0.717, 1.165) is 11.1 Å². The lowest BCUT2D eigenvalue weighted by atomic mass is 10.2. The molecule has 9 heteroatoms. The topological polar surface area (TPSA) is 112 Å². The number of aromatic nitrogens is 3. The second-order valence-electron chi connectivity index (χ2n) is 9.45. The van der Waals surface area contributed by atoms with Crippen molar-refractivity contribution in [2.45, 2.75) is 52.8 Å². The highest BCUT2D eigenvalue weighted by Gasteiger charge is 2.23. The van der Waals surface area contributed by atoms with Gasteiger partial charge >= 0.3 is 6.09 Å². The van der Waals surface area contributed by atoms with E-state index in [-0.39, 0.29) is 18.4 Å². The first-order valence-corrected chi connectivity index (χ1v) is 11.4. The third kappa shape index (κ3) is 5.92. The van der Waals surface area contributed by atoms with Crippen LogP contribution < -0.4 is 10.1 Å². The Morgan fingerprint density at radius 1 is 1.20 bits per heavy atom. The van der Waals surface area contributed by atoms with E-state index in [9.17, 15) is 9.90 Å². The van der Waals surface area contributed by atoms with Crippen LogP contribution in [-0.4, -0.2) is 44.2 Å². The number of hydrogen-bond acceptors (Lipinski definition) is 7. The maximum Gasteiger partial charge on any atom is 0.407 e. The molecule has 4 aromatic rings. The average Bonchev–Trinajstić information content (AvgIpc) is 3.31. The van der Waals surface area contributed by atoms with Crippen molar-refractivity contribution in [3.63, 3.8) is 0 Å². The lowest BCUT2D eigenvalue weighted by molar-refractivity contribution is 0.0493. The van der Waals surface area contributed by atoms with Gasteiger partial charge in [-0.2, -0.15) is 0 Å². The summed E-state index contributed by atoms with van der Waals surface area (Å²) in [6.07, 6.45) is -0.504. The predicted molar refractivity (Wildman–Crippen MR) is 132 cm³/mol. The van der Waals surface area contributed by atoms with Crippen LogP contribution in [0.2, 0.25) is 0 Å². The fourth-order valence-corrected chi connectivity index (χ4v) is 3.58. The highest BCUT2D eigenvalue weighted by molar-refractivity contribution is 5.77. The summed E-state index contributed by atoms with van der Waals surface area (Å²) in [5.74, 6) is 0.894. The standard InChI is InChI=1S/C26H30N4O5/c1-16(27-25(32)35-26(3,4)5)15-33-23-17(2)22(30(29-23)14-18-9-7-6-8-10-18)24-28-20-12-11-19(31)13-21(20)34-24/h6-13,16,31H,14-15H2,1-5H3,(H,27,32)/t16-/m0/s1. The lowest BCUT2D eigenvalue weighted by Gasteiger charge is -2.21. The zero-order chi connectivity index (χ0) is 25.2. The summed E-state index contributed by atoms with van der Waals surface area (Å²) >= 11 is 0. The number of benzene rings is 2. The maximum atomic E-state index is 12.1. The molecule has 0 saturated carbocycles. The number of nitrogens with zero attached hydrogens (tertiary/aromatic N) is 3. The molecule has 1 amide bonds. The van der Waals surface area contributed by atoms with Crippen molar-refractivity contribution >= 4 is 17.2 Å². The van der Waals surface area contributed by atoms with Gasteiger partial charge < -0.3 is 24.3 Å². The molecule has 0 unspecified atom stereocenters. The van der Waals surface area contributed by atoms with Gasteiger partial charge in [0.1, 0.15) is 29.2 Å². The van der Waals surface area contributed by atoms with Crippen LogP contribution >= 0.6 is 0 Å². The van der Waals surface area contributed by atoms with Crippen LogP contribution in [0, 0.1) is 6.92 Å². The minimum atomic E-state index is -0.581. The molecular weight excluding hydrogens is 448 g/mol. The third-order valence-corrected chi connectivity index (χ3v) is 5.13. The first-order valence-electron chi connectivity index (χ1n) is 11.4. The van der Waals surface area contributed by atoms with Gasteiger partial charge in [0, 0.05) is 11.6 Å². The molecule has 0 aliphatic heterocycles. The fraction of sp³-hybridized carbons (Fsp3) is 0.346. The van der Waals surface area contributed by atoms with Crippen molar-refractivity contribution in [1.29, 1.82) is 0 Å². The Bertz CT molecular complexity index is 1320. The molecule has 2 aromatic carbocycles. The van der Waals surface area contributed by atoms with Crippen molar-refractivity contribution in [3.8, 4) is 23.2 Å². The molecule has 0 bridgehead atoms. The van der Waals surface area contributed by atoms with Gasteiger partial charge in [-0.3, -0.25) is 4.68 Å². The van der Waals surface area contributed by atoms with Crippen LogP contribution in [0.15, 0.2) is 52.9 Å². The highest BCUT2D eigenvalue weighted by Crippen LogP contribution is 2.33. The predicted octanol–water partition coefficient (Wildman–Crippen LogP) is 5.05. The Morgan fingerprint density at radius 3 is 2.66 bits per heavy atom. The van der Waals surface area contributed by atoms with Crippen LogP contribution in [0.3, 0.4) is 0 Å². The monoisotopic (exact) mass is 478 g/mol. The molecule has 0 spiro atoms. The van der Waals surface area contributed by atoms with Gasteiger partial charge in [0.25, 0.3) is 0 Å². The molecule has 2 N–H and O–H groups in total. The van der Waals surface area contributed by atoms with E-state index in [4.69, 9.17) is 13.9 Å². The van der Waals surface area contributed by atoms with E-state index in [0.29, 0.717) is 35.1 Å². The number of phenolic OH excluding ortho intramolecular Hbond substituents is 1. The number of alkyl carbamates (subject to hydrolysis) is 1. The number of ether oxygens (including phenoxy) is 2. The molecular formula is C26H30N4O5. The minimum Gasteiger partial charge on any atom is -0.508 e. The van der Waals surface area contributed by atoms with Gasteiger partial charge in [-0.25, -0.2) is 9.78 Å². The average molecular weight is 479 g/mol. The Hall–Kier alpha value is -4.01. The number of carbonyl (C=O) groups is 1. The number of nitrogens with one attached hydrogen (secondary N) is 1. The third-order valence-electron chi connectivity index (χ3n) is 5.13. The molecule has 184 valence electrons. The van der Waals surface area contributed by atoms with Gasteiger partial charge in [-0.05, 0) is 52.3 Å². The number of oxazole rings is 1. The van der Waals surface area contributed by atoms with Crippen LogP contribution in [0.4, 0.5) is 4.79 Å². The molecule has 0 radical (unpaired) electrons. The van der Waals surface area contributed by atoms with Gasteiger partial charge in [0.15, 0.2) is 5.58 Å². The summed E-state index contributed by atoms with van der Waals surface area (Å²) in [6.45, 7) is 9.83. The zero-order valence-electron chi connectivity index (χ0n) is 20.5. The Labute approximate surface area is 203 Å². The first kappa shape index (κ1) is 24.1. The van der Waals surface area contributed by atoms with Crippen molar-refractivity contribution in [1.82, 2.24) is 20.1 Å². The molecule has 4 rings (SSSR count). The summed E-state index contributed by atoms with van der Waals surface area (Å²) in [4.78, 5) is 16.7. The normalized spacial score (nSPS) is 12.5. The second kappa shape index (κ2) is 9.69. The SMILES string of the molecule is Cc1c(OC[C@H](C)NC(=O)OC(C)(C)C)nn(Cc2ccccc2)c1-c1nc2ccc(O)cc2o1. The maximum absolute atomic E-state index is 12.1. The second-order valence-corrected chi connectivity index (χ2v) is 9.45. The van der Waals surface area contributed by atoms with E-state index in [1.165, 1.54) is 6.07 Å². The van der Waals surface area contributed by atoms with Gasteiger partial charge in [0.2, 0.25) is 11.8 Å². The summed E-state index contributed by atoms with van der Waals surface area (Å²) in [5, 5.41) is 17.2. The Kier molecular flexibility index (Phi) is 6.68. The van der Waals surface area contributed by atoms with E-state index in [1.54, 1.807) is 16.8 Å². The molecule has 0 fully saturated rings. The summed E-state index contributed by atoms with van der Waals surface area (Å²) in [5.41, 5.74) is 3.00. The summed E-state index contributed by atoms with van der Waals surface area (Å²) < 4.78 is 19.1. The lowest BCUT2D eigenvalue weighted by Crippen LogP contribution is -2.40. The molecule has 2 aromatic heterocycles. The number of aromatic hydroxyl groups is 1. The van der Waals surface area contributed by atoms with E-state index >= 15 is 0 Å². The number of fused-ring (bicyclic) bond motifs is 1. The number of rotatable bonds is 7. The molecule has 1 atom stereocenters. The van der Waals surface area contributed by atoms with Crippen LogP contribution in [-0.2, 0) is 11.3 Å². The number of hydrogen-bond donors (Lipinski definition) is 2. The van der Waals surface area contributed by atoms with Crippen LogP contribution in [0.5, 0.6) is 11.6 Å². The van der Waals surface area contributed by atoms with E-state index in [1.807, 2.05) is 65.0 Å². The van der Waals surface area contributed by atoms with Crippen LogP contribution in [0.25, 0.3) is 22.7 Å². The molecule has 0 aliphatic carbocycles. The highest BCUT2D eigenvalue weighted by atomic mass is 16.6. The van der Waals surface area contributed by atoms with E-state index in [2.05, 4.69) is 15.4 Å². The number of phenols is 1. The molecule has 2 heterocycles. The van der Waals surface area contributed by atoms with E-state index < -0.39 is 11.7 Å². The van der Waals surface area contributed by atoms with Gasteiger partial charge in [-0.15, -0.1) is 5.10 Å². The van der Waals surface area contributed by atoms with Crippen molar-refractivity contribution < 1.29 is 23.8 Å². The Balaban J connectivity index is 1.60. The molecule has 9 nitrogen and oxygen atoms in total. The quantitative estimate of drug-likeness (QED) is 0.382. The summed E-state index contributed by atoms with van der Waals surface area (Å²) in [7, 11) is 0. The van der Waals surface area contributed by atoms with Gasteiger partial charge in [0.05, 0.1) is 12.6 Å². The van der Waals surface area contributed by atoms with Crippen LogP contribution in [0.1, 0.15) is 38.8 Å².